The molecule has 0 N–H and O–H groups in total. The largest absolute Gasteiger partial charge is 0.471 e. The van der Waals surface area contributed by atoms with E-state index in [1.807, 2.05) is 10.1 Å². The molecule has 0 fully saturated rings. The third-order valence-corrected chi connectivity index (χ3v) is 2.91. The first kappa shape index (κ1) is 19.4. The van der Waals surface area contributed by atoms with Gasteiger partial charge >= 0.3 is 10.0 Å². The molecule has 0 spiro atoms. The smallest absolute Gasteiger partial charge is 0.304 e. The van der Waals surface area contributed by atoms with E-state index in [2.05, 4.69) is 41.5 Å². The van der Waals surface area contributed by atoms with Gasteiger partial charge in [0.25, 0.3) is 0 Å². The predicted molar refractivity (Wildman–Crippen MR) is 74.3 cm³/mol. The minimum absolute atomic E-state index is 0.0720. The summed E-state index contributed by atoms with van der Waals surface area (Å²) < 4.78 is 10.7. The molecule has 0 bridgehead atoms. The molecule has 0 aromatic heterocycles. The zero-order valence-corrected chi connectivity index (χ0v) is 13.5. The van der Waals surface area contributed by atoms with Crippen LogP contribution < -0.4 is 0 Å². The molecule has 0 amide bonds. The van der Waals surface area contributed by atoms with Gasteiger partial charge in [-0.05, 0) is 0 Å². The summed E-state index contributed by atoms with van der Waals surface area (Å²) in [5.74, 6) is 0. The summed E-state index contributed by atoms with van der Waals surface area (Å²) in [7, 11) is 0.0720. The molecule has 0 saturated carbocycles. The maximum atomic E-state index is 5.37. The Balaban J connectivity index is 0. The second kappa shape index (κ2) is 16.1. The Kier molecular flexibility index (Phi) is 18.3. The molecule has 0 aliphatic carbocycles. The molecule has 4 nitrogen and oxygen atoms in total. The molecular formula is C12H30N2O2Si. The summed E-state index contributed by atoms with van der Waals surface area (Å²) in [6.07, 6.45) is 2.64. The van der Waals surface area contributed by atoms with Gasteiger partial charge < -0.3 is 9.05 Å². The molecular weight excluding hydrogens is 232 g/mol. The fraction of sp³-hybridized carbons (Fsp3) is 1.00. The van der Waals surface area contributed by atoms with Crippen LogP contribution in [0, 0.1) is 0 Å². The number of hydroxylamine groups is 4. The van der Waals surface area contributed by atoms with E-state index in [9.17, 15) is 0 Å². The molecule has 17 heavy (non-hydrogen) atoms. The van der Waals surface area contributed by atoms with Crippen LogP contribution in [0.4, 0.5) is 0 Å². The van der Waals surface area contributed by atoms with E-state index in [-0.39, 0.29) is 10.0 Å². The van der Waals surface area contributed by atoms with E-state index in [0.717, 1.165) is 26.2 Å². The molecule has 0 saturated heterocycles. The van der Waals surface area contributed by atoms with Gasteiger partial charge in [-0.25, -0.2) is 0 Å². The van der Waals surface area contributed by atoms with Crippen LogP contribution in [-0.4, -0.2) is 46.3 Å². The number of unbranched alkanes of at least 4 members (excludes halogenated alkanes) is 1. The van der Waals surface area contributed by atoms with Crippen molar-refractivity contribution in [1.82, 2.24) is 10.1 Å². The van der Waals surface area contributed by atoms with Crippen molar-refractivity contribution < 1.29 is 9.05 Å². The molecule has 0 aromatic rings. The highest BCUT2D eigenvalue weighted by atomic mass is 28.3. The molecule has 5 heteroatoms. The molecule has 104 valence electrons. The first-order valence-electron chi connectivity index (χ1n) is 6.78. The Labute approximate surface area is 110 Å². The number of hydrogen-bond donors (Lipinski definition) is 0. The third-order valence-electron chi connectivity index (χ3n) is 2.24. The fourth-order valence-electron chi connectivity index (χ4n) is 0.827. The molecule has 0 aromatic carbocycles. The molecule has 0 atom stereocenters. The molecule has 2 radical (unpaired) electrons. The highest BCUT2D eigenvalue weighted by Gasteiger charge is 2.05. The minimum Gasteiger partial charge on any atom is -0.304 e. The van der Waals surface area contributed by atoms with Crippen LogP contribution in [0.2, 0.25) is 0 Å². The van der Waals surface area contributed by atoms with Crippen LogP contribution >= 0.6 is 0 Å². The second-order valence-electron chi connectivity index (χ2n) is 3.49. The van der Waals surface area contributed by atoms with Crippen LogP contribution in [0.3, 0.4) is 0 Å². The monoisotopic (exact) mass is 262 g/mol. The summed E-state index contributed by atoms with van der Waals surface area (Å²) in [5.41, 5.74) is 0. The Morgan fingerprint density at radius 2 is 0.941 bits per heavy atom. The lowest BCUT2D eigenvalue weighted by molar-refractivity contribution is -0.119. The lowest BCUT2D eigenvalue weighted by atomic mass is 10.4. The van der Waals surface area contributed by atoms with E-state index in [4.69, 9.17) is 9.05 Å². The van der Waals surface area contributed by atoms with Crippen molar-refractivity contribution in [3.05, 3.63) is 0 Å². The Bertz CT molecular complexity index is 118. The highest BCUT2D eigenvalue weighted by Crippen LogP contribution is 1.91. The Morgan fingerprint density at radius 1 is 0.647 bits per heavy atom. The van der Waals surface area contributed by atoms with E-state index in [1.165, 1.54) is 12.8 Å². The maximum Gasteiger partial charge on any atom is 0.471 e. The molecule has 0 rings (SSSR count). The number of hydrogen-bond acceptors (Lipinski definition) is 4. The Hall–Kier alpha value is 0.0569. The third kappa shape index (κ3) is 14.0. The topological polar surface area (TPSA) is 24.9 Å². The maximum absolute atomic E-state index is 5.37. The standard InChI is InChI=1S/C8H20N2O2Si.C4H10/c1-5-9(6-2)11-13-12-10(7-3)8-4;1-3-4-2/h5-8H2,1-4H3;3-4H2,1-2H3. The number of nitrogens with zero attached hydrogens (tertiary/aromatic N) is 2. The van der Waals surface area contributed by atoms with E-state index < -0.39 is 0 Å². The van der Waals surface area contributed by atoms with Crippen molar-refractivity contribution in [2.75, 3.05) is 26.2 Å². The summed E-state index contributed by atoms with van der Waals surface area (Å²) in [6, 6.07) is 0. The molecule has 0 heterocycles. The van der Waals surface area contributed by atoms with Crippen LogP contribution in [0.1, 0.15) is 54.4 Å². The van der Waals surface area contributed by atoms with Gasteiger partial charge in [-0.15, -0.1) is 0 Å². The molecule has 0 unspecified atom stereocenters. The first-order valence-corrected chi connectivity index (χ1v) is 7.60. The summed E-state index contributed by atoms with van der Waals surface area (Å²) in [5, 5.41) is 3.75. The van der Waals surface area contributed by atoms with Crippen molar-refractivity contribution in [3.8, 4) is 0 Å². The second-order valence-corrected chi connectivity index (χ2v) is 4.03. The van der Waals surface area contributed by atoms with E-state index >= 15 is 0 Å². The molecule has 0 aliphatic heterocycles. The van der Waals surface area contributed by atoms with Gasteiger partial charge in [-0.2, -0.15) is 10.1 Å². The van der Waals surface area contributed by atoms with E-state index in [1.54, 1.807) is 0 Å². The zero-order valence-electron chi connectivity index (χ0n) is 12.5. The van der Waals surface area contributed by atoms with Gasteiger partial charge in [0.1, 0.15) is 0 Å². The lowest BCUT2D eigenvalue weighted by Crippen LogP contribution is -2.31. The highest BCUT2D eigenvalue weighted by molar-refractivity contribution is 6.17. The van der Waals surface area contributed by atoms with Gasteiger partial charge in [0.2, 0.25) is 0 Å². The van der Waals surface area contributed by atoms with Crippen LogP contribution in [0.5, 0.6) is 0 Å². The van der Waals surface area contributed by atoms with Crippen LogP contribution in [-0.2, 0) is 9.05 Å². The van der Waals surface area contributed by atoms with Crippen molar-refractivity contribution in [2.45, 2.75) is 54.4 Å². The van der Waals surface area contributed by atoms with Crippen molar-refractivity contribution in [1.29, 1.82) is 0 Å². The minimum atomic E-state index is 0.0720. The summed E-state index contributed by atoms with van der Waals surface area (Å²) in [6.45, 7) is 16.2. The van der Waals surface area contributed by atoms with Crippen molar-refractivity contribution in [2.24, 2.45) is 0 Å². The first-order chi connectivity index (χ1) is 8.19. The Morgan fingerprint density at radius 3 is 1.12 bits per heavy atom. The van der Waals surface area contributed by atoms with Crippen LogP contribution in [0.15, 0.2) is 0 Å². The molecule has 0 aliphatic rings. The predicted octanol–water partition coefficient (Wildman–Crippen LogP) is 2.87. The summed E-state index contributed by atoms with van der Waals surface area (Å²) in [4.78, 5) is 0. The average molecular weight is 262 g/mol. The van der Waals surface area contributed by atoms with E-state index in [0.29, 0.717) is 0 Å². The van der Waals surface area contributed by atoms with Gasteiger partial charge in [-0.3, -0.25) is 0 Å². The average Bonchev–Trinajstić information content (AvgIpc) is 2.39. The van der Waals surface area contributed by atoms with Gasteiger partial charge in [0.05, 0.1) is 0 Å². The van der Waals surface area contributed by atoms with Gasteiger partial charge in [-0.1, -0.05) is 54.4 Å². The lowest BCUT2D eigenvalue weighted by Gasteiger charge is -2.20. The van der Waals surface area contributed by atoms with Gasteiger partial charge in [0, 0.05) is 26.2 Å². The quantitative estimate of drug-likeness (QED) is 0.471. The van der Waals surface area contributed by atoms with Crippen LogP contribution in [0.25, 0.3) is 0 Å². The normalized spacial score (nSPS) is 10.6. The fourth-order valence-corrected chi connectivity index (χ4v) is 1.59. The summed E-state index contributed by atoms with van der Waals surface area (Å²) >= 11 is 0. The van der Waals surface area contributed by atoms with Crippen molar-refractivity contribution in [3.63, 3.8) is 0 Å². The van der Waals surface area contributed by atoms with Gasteiger partial charge in [0.15, 0.2) is 0 Å². The SMILES string of the molecule is CCCC.CCN(CC)O[Si]ON(CC)CC. The van der Waals surface area contributed by atoms with Crippen molar-refractivity contribution >= 4 is 10.0 Å². The number of rotatable bonds is 9. The zero-order chi connectivity index (χ0) is 13.5.